The standard InChI is InChI=1S/C21H25N7O/c29-21-16(10-13-4-2-1-3-5-13)25-20-19(27-21)22-11-17(26-20)14-6-8-15(9-7-14)18-23-12-24-28-18/h6-9,11-13,16,21,29H,1-5,10H2,(H,22,27)(H,25,26)(H,23,24,28). The molecule has 1 aliphatic carbocycles. The maximum atomic E-state index is 10.5. The zero-order chi connectivity index (χ0) is 19.6. The lowest BCUT2D eigenvalue weighted by Gasteiger charge is -2.34. The second kappa shape index (κ2) is 7.79. The molecule has 2 aromatic heterocycles. The van der Waals surface area contributed by atoms with Crippen LogP contribution in [0.3, 0.4) is 0 Å². The second-order valence-corrected chi connectivity index (χ2v) is 7.94. The molecule has 4 N–H and O–H groups in total. The van der Waals surface area contributed by atoms with E-state index in [2.05, 4.69) is 30.8 Å². The van der Waals surface area contributed by atoms with E-state index in [1.165, 1.54) is 38.4 Å². The maximum Gasteiger partial charge on any atom is 0.171 e. The quantitative estimate of drug-likeness (QED) is 0.539. The highest BCUT2D eigenvalue weighted by molar-refractivity contribution is 5.70. The van der Waals surface area contributed by atoms with Gasteiger partial charge in [-0.2, -0.15) is 5.10 Å². The van der Waals surface area contributed by atoms with Crippen LogP contribution in [0, 0.1) is 5.92 Å². The molecular weight excluding hydrogens is 366 g/mol. The van der Waals surface area contributed by atoms with Gasteiger partial charge in [0.2, 0.25) is 0 Å². The van der Waals surface area contributed by atoms with Crippen molar-refractivity contribution in [1.82, 2.24) is 25.1 Å². The summed E-state index contributed by atoms with van der Waals surface area (Å²) in [7, 11) is 0. The van der Waals surface area contributed by atoms with Crippen molar-refractivity contribution in [3.05, 3.63) is 36.8 Å². The second-order valence-electron chi connectivity index (χ2n) is 7.94. The first kappa shape index (κ1) is 18.1. The monoisotopic (exact) mass is 391 g/mol. The van der Waals surface area contributed by atoms with Crippen LogP contribution in [0.2, 0.25) is 0 Å². The van der Waals surface area contributed by atoms with Crippen LogP contribution >= 0.6 is 0 Å². The summed E-state index contributed by atoms with van der Waals surface area (Å²) in [6, 6.07) is 7.91. The fourth-order valence-electron chi connectivity index (χ4n) is 4.34. The zero-order valence-electron chi connectivity index (χ0n) is 16.2. The van der Waals surface area contributed by atoms with Crippen LogP contribution in [0.15, 0.2) is 36.8 Å². The van der Waals surface area contributed by atoms with Crippen molar-refractivity contribution >= 4 is 11.6 Å². The number of aliphatic hydroxyl groups is 1. The van der Waals surface area contributed by atoms with E-state index < -0.39 is 6.23 Å². The van der Waals surface area contributed by atoms with Crippen molar-refractivity contribution in [3.63, 3.8) is 0 Å². The lowest BCUT2D eigenvalue weighted by atomic mass is 9.84. The minimum absolute atomic E-state index is 0.0519. The summed E-state index contributed by atoms with van der Waals surface area (Å²) in [6.45, 7) is 0. The Morgan fingerprint density at radius 3 is 2.48 bits per heavy atom. The minimum atomic E-state index is -0.647. The molecule has 0 amide bonds. The Morgan fingerprint density at radius 2 is 1.72 bits per heavy atom. The highest BCUT2D eigenvalue weighted by Crippen LogP contribution is 2.33. The Bertz CT molecular complexity index is 952. The van der Waals surface area contributed by atoms with Gasteiger partial charge >= 0.3 is 0 Å². The summed E-state index contributed by atoms with van der Waals surface area (Å²) in [5.41, 5.74) is 2.72. The van der Waals surface area contributed by atoms with Crippen LogP contribution in [0.5, 0.6) is 0 Å². The maximum absolute atomic E-state index is 10.5. The van der Waals surface area contributed by atoms with Gasteiger partial charge in [-0.25, -0.2) is 15.0 Å². The number of aliphatic hydroxyl groups excluding tert-OH is 1. The average Bonchev–Trinajstić information content (AvgIpc) is 3.30. The number of hydrogen-bond acceptors (Lipinski definition) is 7. The Hall–Kier alpha value is -3.00. The van der Waals surface area contributed by atoms with Gasteiger partial charge in [-0.3, -0.25) is 5.10 Å². The van der Waals surface area contributed by atoms with Crippen molar-refractivity contribution in [3.8, 4) is 22.6 Å². The van der Waals surface area contributed by atoms with E-state index in [-0.39, 0.29) is 6.04 Å². The molecule has 2 aliphatic rings. The lowest BCUT2D eigenvalue weighted by molar-refractivity contribution is 0.156. The molecule has 1 fully saturated rings. The van der Waals surface area contributed by atoms with E-state index >= 15 is 0 Å². The zero-order valence-corrected chi connectivity index (χ0v) is 16.2. The summed E-state index contributed by atoms with van der Waals surface area (Å²) in [5, 5.41) is 23.8. The molecule has 3 aromatic rings. The van der Waals surface area contributed by atoms with E-state index in [4.69, 9.17) is 4.98 Å². The Morgan fingerprint density at radius 1 is 0.931 bits per heavy atom. The molecule has 5 rings (SSSR count). The van der Waals surface area contributed by atoms with Gasteiger partial charge in [0.25, 0.3) is 0 Å². The predicted molar refractivity (Wildman–Crippen MR) is 111 cm³/mol. The molecule has 29 heavy (non-hydrogen) atoms. The van der Waals surface area contributed by atoms with E-state index in [0.717, 1.165) is 29.1 Å². The van der Waals surface area contributed by atoms with Crippen LogP contribution in [-0.4, -0.2) is 42.5 Å². The molecule has 2 atom stereocenters. The molecule has 8 nitrogen and oxygen atoms in total. The molecule has 0 saturated heterocycles. The highest BCUT2D eigenvalue weighted by Gasteiger charge is 2.30. The van der Waals surface area contributed by atoms with E-state index in [9.17, 15) is 5.11 Å². The number of fused-ring (bicyclic) bond motifs is 1. The molecule has 1 saturated carbocycles. The smallest absolute Gasteiger partial charge is 0.171 e. The Kier molecular flexibility index (Phi) is 4.85. The number of benzene rings is 1. The molecule has 8 heteroatoms. The van der Waals surface area contributed by atoms with Gasteiger partial charge in [0.1, 0.15) is 12.6 Å². The van der Waals surface area contributed by atoms with Gasteiger partial charge in [0.15, 0.2) is 17.5 Å². The predicted octanol–water partition coefficient (Wildman–Crippen LogP) is 3.42. The van der Waals surface area contributed by atoms with Crippen molar-refractivity contribution in [2.45, 2.75) is 50.8 Å². The summed E-state index contributed by atoms with van der Waals surface area (Å²) >= 11 is 0. The third-order valence-electron chi connectivity index (χ3n) is 5.94. The molecule has 0 radical (unpaired) electrons. The van der Waals surface area contributed by atoms with Crippen LogP contribution < -0.4 is 10.6 Å². The van der Waals surface area contributed by atoms with Gasteiger partial charge in [0, 0.05) is 11.1 Å². The summed E-state index contributed by atoms with van der Waals surface area (Å²) in [5.74, 6) is 2.70. The Labute approximate surface area is 169 Å². The van der Waals surface area contributed by atoms with Crippen LogP contribution in [-0.2, 0) is 0 Å². The van der Waals surface area contributed by atoms with Crippen molar-refractivity contribution in [2.75, 3.05) is 10.6 Å². The number of hydrogen-bond donors (Lipinski definition) is 4. The SMILES string of the molecule is OC1Nc2ncc(-c3ccc(-c4ncn[nH]4)cc3)nc2NC1CC1CCCCC1. The first-order valence-electron chi connectivity index (χ1n) is 10.3. The molecule has 1 aromatic carbocycles. The fourth-order valence-corrected chi connectivity index (χ4v) is 4.34. The van der Waals surface area contributed by atoms with E-state index in [1.54, 1.807) is 6.20 Å². The molecule has 0 spiro atoms. The molecule has 150 valence electrons. The third kappa shape index (κ3) is 3.80. The first-order chi connectivity index (χ1) is 14.3. The average molecular weight is 391 g/mol. The minimum Gasteiger partial charge on any atom is -0.372 e. The molecule has 0 bridgehead atoms. The van der Waals surface area contributed by atoms with E-state index in [1.807, 2.05) is 24.3 Å². The van der Waals surface area contributed by atoms with Crippen LogP contribution in [0.4, 0.5) is 11.6 Å². The van der Waals surface area contributed by atoms with Crippen LogP contribution in [0.25, 0.3) is 22.6 Å². The van der Waals surface area contributed by atoms with Gasteiger partial charge in [-0.15, -0.1) is 0 Å². The number of H-pyrrole nitrogens is 1. The molecule has 3 heterocycles. The van der Waals surface area contributed by atoms with Gasteiger partial charge in [-0.05, 0) is 12.3 Å². The summed E-state index contributed by atoms with van der Waals surface area (Å²) < 4.78 is 0. The number of nitrogens with zero attached hydrogens (tertiary/aromatic N) is 4. The molecule has 2 unspecified atom stereocenters. The van der Waals surface area contributed by atoms with Crippen molar-refractivity contribution < 1.29 is 5.11 Å². The molecule has 1 aliphatic heterocycles. The van der Waals surface area contributed by atoms with E-state index in [0.29, 0.717) is 17.6 Å². The number of nitrogens with one attached hydrogen (secondary N) is 3. The number of rotatable bonds is 4. The van der Waals surface area contributed by atoms with Crippen molar-refractivity contribution in [1.29, 1.82) is 0 Å². The Balaban J connectivity index is 1.34. The molecular formula is C21H25N7O. The normalized spacial score (nSPS) is 21.8. The number of aromatic nitrogens is 5. The number of anilines is 2. The highest BCUT2D eigenvalue weighted by atomic mass is 16.3. The summed E-state index contributed by atoms with van der Waals surface area (Å²) in [6.07, 6.45) is 9.96. The topological polar surface area (TPSA) is 112 Å². The van der Waals surface area contributed by atoms with Gasteiger partial charge in [0.05, 0.1) is 17.9 Å². The van der Waals surface area contributed by atoms with Gasteiger partial charge < -0.3 is 15.7 Å². The summed E-state index contributed by atoms with van der Waals surface area (Å²) in [4.78, 5) is 13.4. The third-order valence-corrected chi connectivity index (χ3v) is 5.94. The number of aromatic amines is 1. The lowest BCUT2D eigenvalue weighted by Crippen LogP contribution is -2.44. The van der Waals surface area contributed by atoms with Crippen LogP contribution in [0.1, 0.15) is 38.5 Å². The first-order valence-corrected chi connectivity index (χ1v) is 10.3. The fraction of sp³-hybridized carbons (Fsp3) is 0.429. The van der Waals surface area contributed by atoms with Gasteiger partial charge in [-0.1, -0.05) is 56.4 Å². The largest absolute Gasteiger partial charge is 0.372 e. The van der Waals surface area contributed by atoms with Crippen molar-refractivity contribution in [2.24, 2.45) is 5.92 Å².